The Morgan fingerprint density at radius 3 is 2.87 bits per heavy atom. The van der Waals surface area contributed by atoms with Gasteiger partial charge in [0.2, 0.25) is 5.91 Å². The van der Waals surface area contributed by atoms with E-state index in [-0.39, 0.29) is 5.91 Å². The third-order valence-corrected chi connectivity index (χ3v) is 4.03. The molecular formula is C19H27N3O. The molecule has 1 amide bonds. The van der Waals surface area contributed by atoms with Crippen molar-refractivity contribution in [3.63, 3.8) is 0 Å². The molecule has 0 saturated heterocycles. The highest BCUT2D eigenvalue weighted by Gasteiger charge is 2.09. The molecule has 1 aromatic heterocycles. The van der Waals surface area contributed by atoms with E-state index in [4.69, 9.17) is 4.98 Å². The maximum atomic E-state index is 11.2. The molecule has 124 valence electrons. The highest BCUT2D eigenvalue weighted by molar-refractivity contribution is 5.86. The summed E-state index contributed by atoms with van der Waals surface area (Å²) < 4.78 is 2.35. The van der Waals surface area contributed by atoms with Crippen LogP contribution < -0.4 is 5.32 Å². The van der Waals surface area contributed by atoms with Gasteiger partial charge < -0.3 is 9.88 Å². The van der Waals surface area contributed by atoms with Gasteiger partial charge in [-0.3, -0.25) is 4.79 Å². The van der Waals surface area contributed by atoms with Crippen LogP contribution in [0.3, 0.4) is 0 Å². The highest BCUT2D eigenvalue weighted by Crippen LogP contribution is 2.18. The van der Waals surface area contributed by atoms with Crippen molar-refractivity contribution in [2.24, 2.45) is 0 Å². The van der Waals surface area contributed by atoms with Crippen LogP contribution in [-0.2, 0) is 17.8 Å². The van der Waals surface area contributed by atoms with Crippen LogP contribution in [0.4, 0.5) is 0 Å². The lowest BCUT2D eigenvalue weighted by atomic mass is 10.2. The number of nitrogens with zero attached hydrogens (tertiary/aromatic N) is 2. The number of unbranched alkanes of at least 4 members (excludes halogenated alkanes) is 3. The van der Waals surface area contributed by atoms with Gasteiger partial charge in [-0.15, -0.1) is 0 Å². The lowest BCUT2D eigenvalue weighted by Gasteiger charge is -2.09. The summed E-state index contributed by atoms with van der Waals surface area (Å²) in [5.74, 6) is 1.01. The number of aromatic nitrogens is 2. The minimum atomic E-state index is -0.113. The number of hydrogen-bond donors (Lipinski definition) is 1. The molecule has 1 aromatic carbocycles. The summed E-state index contributed by atoms with van der Waals surface area (Å²) in [6.45, 7) is 7.37. The van der Waals surface area contributed by atoms with E-state index in [1.165, 1.54) is 37.3 Å². The van der Waals surface area contributed by atoms with E-state index in [1.807, 2.05) is 6.07 Å². The van der Waals surface area contributed by atoms with Crippen LogP contribution in [0.2, 0.25) is 0 Å². The standard InChI is InChI=1S/C19H27N3O/c1-3-5-6-9-15-22-17-12-8-7-11-16(17)21-18(22)13-10-14-20-19(23)4-2/h4,7-8,11-12H,2-3,5-6,9-10,13-15H2,1H3,(H,20,23). The number of amides is 1. The lowest BCUT2D eigenvalue weighted by Crippen LogP contribution is -2.22. The number of imidazole rings is 1. The Bertz CT molecular complexity index is 645. The van der Waals surface area contributed by atoms with E-state index in [2.05, 4.69) is 41.6 Å². The van der Waals surface area contributed by atoms with Crippen LogP contribution >= 0.6 is 0 Å². The Balaban J connectivity index is 2.01. The minimum absolute atomic E-state index is 0.113. The maximum absolute atomic E-state index is 11.2. The molecule has 23 heavy (non-hydrogen) atoms. The van der Waals surface area contributed by atoms with Gasteiger partial charge in [0.05, 0.1) is 11.0 Å². The first-order chi connectivity index (χ1) is 11.3. The molecule has 4 heteroatoms. The average Bonchev–Trinajstić information content (AvgIpc) is 2.93. The van der Waals surface area contributed by atoms with Crippen molar-refractivity contribution >= 4 is 16.9 Å². The Morgan fingerprint density at radius 1 is 1.26 bits per heavy atom. The molecule has 0 atom stereocenters. The monoisotopic (exact) mass is 313 g/mol. The molecule has 4 nitrogen and oxygen atoms in total. The third-order valence-electron chi connectivity index (χ3n) is 4.03. The van der Waals surface area contributed by atoms with Crippen molar-refractivity contribution < 1.29 is 4.79 Å². The maximum Gasteiger partial charge on any atom is 0.243 e. The molecule has 0 radical (unpaired) electrons. The first kappa shape index (κ1) is 17.3. The van der Waals surface area contributed by atoms with Gasteiger partial charge in [-0.05, 0) is 31.1 Å². The van der Waals surface area contributed by atoms with Crippen LogP contribution in [0.15, 0.2) is 36.9 Å². The van der Waals surface area contributed by atoms with Gasteiger partial charge in [-0.1, -0.05) is 44.9 Å². The van der Waals surface area contributed by atoms with E-state index in [9.17, 15) is 4.79 Å². The van der Waals surface area contributed by atoms with Crippen molar-refractivity contribution in [2.75, 3.05) is 6.54 Å². The molecule has 2 rings (SSSR count). The molecule has 1 N–H and O–H groups in total. The average molecular weight is 313 g/mol. The van der Waals surface area contributed by atoms with Crippen LogP contribution in [-0.4, -0.2) is 22.0 Å². The molecule has 0 bridgehead atoms. The molecule has 1 heterocycles. The fourth-order valence-corrected chi connectivity index (χ4v) is 2.79. The Kier molecular flexibility index (Phi) is 6.85. The smallest absolute Gasteiger partial charge is 0.243 e. The van der Waals surface area contributed by atoms with E-state index in [1.54, 1.807) is 0 Å². The molecule has 0 fully saturated rings. The van der Waals surface area contributed by atoms with Crippen molar-refractivity contribution in [1.29, 1.82) is 0 Å². The number of nitrogens with one attached hydrogen (secondary N) is 1. The highest BCUT2D eigenvalue weighted by atomic mass is 16.1. The summed E-state index contributed by atoms with van der Waals surface area (Å²) in [6.07, 6.45) is 8.06. The van der Waals surface area contributed by atoms with E-state index >= 15 is 0 Å². The van der Waals surface area contributed by atoms with Gasteiger partial charge in [-0.2, -0.15) is 0 Å². The fraction of sp³-hybridized carbons (Fsp3) is 0.474. The molecular weight excluding hydrogens is 286 g/mol. The second-order valence-electron chi connectivity index (χ2n) is 5.83. The Morgan fingerprint density at radius 2 is 2.09 bits per heavy atom. The summed E-state index contributed by atoms with van der Waals surface area (Å²) >= 11 is 0. The number of benzene rings is 1. The zero-order valence-electron chi connectivity index (χ0n) is 14.1. The number of fused-ring (bicyclic) bond motifs is 1. The third kappa shape index (κ3) is 4.95. The van der Waals surface area contributed by atoms with Crippen molar-refractivity contribution in [1.82, 2.24) is 14.9 Å². The zero-order chi connectivity index (χ0) is 16.5. The first-order valence-corrected chi connectivity index (χ1v) is 8.60. The molecule has 0 spiro atoms. The molecule has 2 aromatic rings. The lowest BCUT2D eigenvalue weighted by molar-refractivity contribution is -0.116. The van der Waals surface area contributed by atoms with E-state index in [0.717, 1.165) is 30.7 Å². The van der Waals surface area contributed by atoms with Gasteiger partial charge in [0.15, 0.2) is 0 Å². The second kappa shape index (κ2) is 9.13. The predicted octanol–water partition coefficient (Wildman–Crippen LogP) is 3.85. The van der Waals surface area contributed by atoms with Crippen molar-refractivity contribution in [2.45, 2.75) is 52.0 Å². The molecule has 0 saturated carbocycles. The first-order valence-electron chi connectivity index (χ1n) is 8.60. The second-order valence-corrected chi connectivity index (χ2v) is 5.83. The molecule has 0 aliphatic rings. The molecule has 0 unspecified atom stereocenters. The Labute approximate surface area is 138 Å². The number of aryl methyl sites for hydroxylation is 2. The number of hydrogen-bond acceptors (Lipinski definition) is 2. The van der Waals surface area contributed by atoms with Crippen LogP contribution in [0.1, 0.15) is 44.9 Å². The predicted molar refractivity (Wildman–Crippen MR) is 95.4 cm³/mol. The molecule has 0 aliphatic carbocycles. The van der Waals surface area contributed by atoms with E-state index < -0.39 is 0 Å². The van der Waals surface area contributed by atoms with Gasteiger partial charge in [-0.25, -0.2) is 4.98 Å². The normalized spacial score (nSPS) is 10.8. The summed E-state index contributed by atoms with van der Waals surface area (Å²) in [4.78, 5) is 16.0. The van der Waals surface area contributed by atoms with Gasteiger partial charge in [0.1, 0.15) is 5.82 Å². The summed E-state index contributed by atoms with van der Waals surface area (Å²) in [7, 11) is 0. The van der Waals surface area contributed by atoms with Gasteiger partial charge in [0, 0.05) is 19.5 Å². The summed E-state index contributed by atoms with van der Waals surface area (Å²) in [5.41, 5.74) is 2.28. The molecule has 0 aliphatic heterocycles. The summed E-state index contributed by atoms with van der Waals surface area (Å²) in [6, 6.07) is 8.32. The fourth-order valence-electron chi connectivity index (χ4n) is 2.79. The van der Waals surface area contributed by atoms with Crippen LogP contribution in [0.5, 0.6) is 0 Å². The number of rotatable bonds is 10. The largest absolute Gasteiger partial charge is 0.353 e. The SMILES string of the molecule is C=CC(=O)NCCCc1nc2ccccc2n1CCCCCC. The van der Waals surface area contributed by atoms with Gasteiger partial charge >= 0.3 is 0 Å². The topological polar surface area (TPSA) is 46.9 Å². The van der Waals surface area contributed by atoms with Crippen LogP contribution in [0, 0.1) is 0 Å². The van der Waals surface area contributed by atoms with Crippen LogP contribution in [0.25, 0.3) is 11.0 Å². The minimum Gasteiger partial charge on any atom is -0.353 e. The van der Waals surface area contributed by atoms with Crippen molar-refractivity contribution in [3.8, 4) is 0 Å². The zero-order valence-corrected chi connectivity index (χ0v) is 14.1. The summed E-state index contributed by atoms with van der Waals surface area (Å²) in [5, 5.41) is 2.82. The quantitative estimate of drug-likeness (QED) is 0.535. The number of carbonyl (C=O) groups is 1. The number of carbonyl (C=O) groups excluding carboxylic acids is 1. The van der Waals surface area contributed by atoms with Gasteiger partial charge in [0.25, 0.3) is 0 Å². The Hall–Kier alpha value is -2.10. The van der Waals surface area contributed by atoms with E-state index in [0.29, 0.717) is 6.54 Å². The van der Waals surface area contributed by atoms with Crippen molar-refractivity contribution in [3.05, 3.63) is 42.7 Å². The number of para-hydroxylation sites is 2.